The smallest absolute Gasteiger partial charge is 0.319 e. The van der Waals surface area contributed by atoms with Crippen LogP contribution >= 0.6 is 0 Å². The van der Waals surface area contributed by atoms with Crippen LogP contribution in [0.1, 0.15) is 37.9 Å². The van der Waals surface area contributed by atoms with Gasteiger partial charge in [-0.2, -0.15) is 5.10 Å². The third-order valence-electron chi connectivity index (χ3n) is 5.50. The Morgan fingerprint density at radius 3 is 2.62 bits per heavy atom. The molecule has 3 rings (SSSR count). The Morgan fingerprint density at radius 1 is 1.28 bits per heavy atom. The molecule has 2 aromatic rings. The molecule has 0 saturated heterocycles. The molecule has 1 aromatic carbocycles. The Bertz CT molecular complexity index is 873. The standard InChI is InChI=1S/C21H29N5O3/c1-4-18-17(12-22-26(18)19-9-7-6-8-14(19)3)24-21(29)23-15-10-16(11-15)25(5-2)13-20(27)28/h6-9,12,15-16H,4-5,10-11,13H2,1-3H3,(H,27,28)(H2,23,24,29). The Labute approximate surface area is 170 Å². The van der Waals surface area contributed by atoms with E-state index in [1.165, 1.54) is 0 Å². The summed E-state index contributed by atoms with van der Waals surface area (Å²) in [6.45, 7) is 6.75. The molecule has 1 saturated carbocycles. The maximum absolute atomic E-state index is 12.5. The predicted molar refractivity (Wildman–Crippen MR) is 112 cm³/mol. The third-order valence-corrected chi connectivity index (χ3v) is 5.50. The van der Waals surface area contributed by atoms with Gasteiger partial charge in [-0.25, -0.2) is 9.48 Å². The molecule has 8 nitrogen and oxygen atoms in total. The monoisotopic (exact) mass is 399 g/mol. The zero-order valence-electron chi connectivity index (χ0n) is 17.2. The molecule has 1 heterocycles. The first kappa shape index (κ1) is 20.9. The lowest BCUT2D eigenvalue weighted by atomic mass is 9.85. The van der Waals surface area contributed by atoms with Crippen LogP contribution < -0.4 is 10.6 Å². The van der Waals surface area contributed by atoms with Crippen molar-refractivity contribution in [3.05, 3.63) is 41.7 Å². The van der Waals surface area contributed by atoms with Crippen molar-refractivity contribution in [1.29, 1.82) is 0 Å². The van der Waals surface area contributed by atoms with E-state index in [0.29, 0.717) is 12.2 Å². The Balaban J connectivity index is 1.58. The van der Waals surface area contributed by atoms with E-state index in [9.17, 15) is 9.59 Å². The number of carboxylic acids is 1. The molecule has 0 atom stereocenters. The largest absolute Gasteiger partial charge is 0.480 e. The fourth-order valence-corrected chi connectivity index (χ4v) is 3.85. The number of benzene rings is 1. The lowest BCUT2D eigenvalue weighted by Gasteiger charge is -2.42. The summed E-state index contributed by atoms with van der Waals surface area (Å²) in [5.74, 6) is -0.821. The molecule has 1 aliphatic rings. The van der Waals surface area contributed by atoms with Gasteiger partial charge in [-0.3, -0.25) is 9.69 Å². The molecule has 2 amide bonds. The average molecular weight is 399 g/mol. The van der Waals surface area contributed by atoms with Gasteiger partial charge in [0.15, 0.2) is 0 Å². The van der Waals surface area contributed by atoms with E-state index in [1.807, 2.05) is 54.6 Å². The average Bonchev–Trinajstić information content (AvgIpc) is 3.05. The number of hydrogen-bond donors (Lipinski definition) is 3. The molecule has 3 N–H and O–H groups in total. The van der Waals surface area contributed by atoms with Crippen molar-refractivity contribution in [3.63, 3.8) is 0 Å². The number of carbonyl (C=O) groups is 2. The highest BCUT2D eigenvalue weighted by atomic mass is 16.4. The molecule has 0 spiro atoms. The number of carboxylic acid groups (broad SMARTS) is 1. The second-order valence-corrected chi connectivity index (χ2v) is 7.43. The summed E-state index contributed by atoms with van der Waals surface area (Å²) in [5, 5.41) is 19.3. The van der Waals surface area contributed by atoms with Gasteiger partial charge in [-0.05, 0) is 44.4 Å². The molecule has 1 aliphatic carbocycles. The highest BCUT2D eigenvalue weighted by molar-refractivity contribution is 5.90. The van der Waals surface area contributed by atoms with Crippen LogP contribution in [-0.4, -0.2) is 57.0 Å². The minimum absolute atomic E-state index is 0.0397. The van der Waals surface area contributed by atoms with Crippen LogP contribution in [0.3, 0.4) is 0 Å². The number of likely N-dealkylation sites (N-methyl/N-ethyl adjacent to an activating group) is 1. The number of carbonyl (C=O) groups excluding carboxylic acids is 1. The molecular formula is C21H29N5O3. The van der Waals surface area contributed by atoms with Gasteiger partial charge < -0.3 is 15.7 Å². The van der Waals surface area contributed by atoms with E-state index in [0.717, 1.165) is 36.2 Å². The maximum atomic E-state index is 12.5. The highest BCUT2D eigenvalue weighted by Gasteiger charge is 2.34. The zero-order valence-corrected chi connectivity index (χ0v) is 17.2. The number of aromatic nitrogens is 2. The van der Waals surface area contributed by atoms with Gasteiger partial charge in [0.05, 0.1) is 29.8 Å². The first-order valence-electron chi connectivity index (χ1n) is 10.1. The Morgan fingerprint density at radius 2 is 2.00 bits per heavy atom. The van der Waals surface area contributed by atoms with Crippen LogP contribution in [0.15, 0.2) is 30.5 Å². The minimum Gasteiger partial charge on any atom is -0.480 e. The topological polar surface area (TPSA) is 99.5 Å². The van der Waals surface area contributed by atoms with Gasteiger partial charge in [0, 0.05) is 12.1 Å². The summed E-state index contributed by atoms with van der Waals surface area (Å²) in [7, 11) is 0. The van der Waals surface area contributed by atoms with Crippen molar-refractivity contribution in [2.75, 3.05) is 18.4 Å². The normalized spacial score (nSPS) is 18.3. The fraction of sp³-hybridized carbons (Fsp3) is 0.476. The van der Waals surface area contributed by atoms with Crippen molar-refractivity contribution < 1.29 is 14.7 Å². The van der Waals surface area contributed by atoms with E-state index >= 15 is 0 Å². The van der Waals surface area contributed by atoms with E-state index in [4.69, 9.17) is 5.11 Å². The van der Waals surface area contributed by atoms with Gasteiger partial charge in [0.25, 0.3) is 0 Å². The fourth-order valence-electron chi connectivity index (χ4n) is 3.85. The summed E-state index contributed by atoms with van der Waals surface area (Å²) in [4.78, 5) is 25.3. The Hall–Kier alpha value is -2.87. The number of rotatable bonds is 8. The summed E-state index contributed by atoms with van der Waals surface area (Å²) in [6, 6.07) is 8.01. The zero-order chi connectivity index (χ0) is 21.0. The van der Waals surface area contributed by atoms with Crippen LogP contribution in [0.25, 0.3) is 5.69 Å². The highest BCUT2D eigenvalue weighted by Crippen LogP contribution is 2.26. The van der Waals surface area contributed by atoms with Crippen LogP contribution in [-0.2, 0) is 11.2 Å². The number of amides is 2. The first-order valence-corrected chi connectivity index (χ1v) is 10.1. The summed E-state index contributed by atoms with van der Waals surface area (Å²) < 4.78 is 1.87. The number of aryl methyl sites for hydroxylation is 1. The number of hydrogen-bond acceptors (Lipinski definition) is 4. The Kier molecular flexibility index (Phi) is 6.53. The van der Waals surface area contributed by atoms with E-state index in [1.54, 1.807) is 6.20 Å². The lowest BCUT2D eigenvalue weighted by molar-refractivity contribution is -0.139. The van der Waals surface area contributed by atoms with Crippen LogP contribution in [0.4, 0.5) is 10.5 Å². The molecule has 29 heavy (non-hydrogen) atoms. The number of urea groups is 1. The van der Waals surface area contributed by atoms with E-state index < -0.39 is 5.97 Å². The molecule has 0 unspecified atom stereocenters. The second kappa shape index (κ2) is 9.09. The lowest BCUT2D eigenvalue weighted by Crippen LogP contribution is -2.55. The van der Waals surface area contributed by atoms with Crippen LogP contribution in [0, 0.1) is 6.92 Å². The van der Waals surface area contributed by atoms with E-state index in [2.05, 4.69) is 15.7 Å². The summed E-state index contributed by atoms with van der Waals surface area (Å²) in [5.41, 5.74) is 3.76. The summed E-state index contributed by atoms with van der Waals surface area (Å²) >= 11 is 0. The van der Waals surface area contributed by atoms with Crippen molar-refractivity contribution >= 4 is 17.7 Å². The minimum atomic E-state index is -0.821. The number of aliphatic carboxylic acids is 1. The number of nitrogens with one attached hydrogen (secondary N) is 2. The molecule has 0 bridgehead atoms. The number of anilines is 1. The van der Waals surface area contributed by atoms with Gasteiger partial charge in [0.2, 0.25) is 0 Å². The van der Waals surface area contributed by atoms with E-state index in [-0.39, 0.29) is 24.7 Å². The number of nitrogens with zero attached hydrogens (tertiary/aromatic N) is 3. The van der Waals surface area contributed by atoms with Crippen molar-refractivity contribution in [2.24, 2.45) is 0 Å². The van der Waals surface area contributed by atoms with Gasteiger partial charge in [-0.15, -0.1) is 0 Å². The molecular weight excluding hydrogens is 370 g/mol. The van der Waals surface area contributed by atoms with Crippen LogP contribution in [0.2, 0.25) is 0 Å². The van der Waals surface area contributed by atoms with Crippen molar-refractivity contribution in [2.45, 2.75) is 52.1 Å². The molecule has 1 fully saturated rings. The maximum Gasteiger partial charge on any atom is 0.319 e. The first-order chi connectivity index (χ1) is 13.9. The molecule has 156 valence electrons. The predicted octanol–water partition coefficient (Wildman–Crippen LogP) is 2.80. The second-order valence-electron chi connectivity index (χ2n) is 7.43. The van der Waals surface area contributed by atoms with Gasteiger partial charge in [0.1, 0.15) is 0 Å². The molecule has 0 aliphatic heterocycles. The van der Waals surface area contributed by atoms with Crippen molar-refractivity contribution in [1.82, 2.24) is 20.0 Å². The van der Waals surface area contributed by atoms with Crippen LogP contribution in [0.5, 0.6) is 0 Å². The van der Waals surface area contributed by atoms with Crippen molar-refractivity contribution in [3.8, 4) is 5.69 Å². The number of para-hydroxylation sites is 1. The quantitative estimate of drug-likeness (QED) is 0.634. The molecule has 0 radical (unpaired) electrons. The summed E-state index contributed by atoms with van der Waals surface area (Å²) in [6.07, 6.45) is 3.94. The van der Waals surface area contributed by atoms with Gasteiger partial charge >= 0.3 is 12.0 Å². The molecule has 1 aromatic heterocycles. The third kappa shape index (κ3) is 4.76. The SMILES string of the molecule is CCc1c(NC(=O)NC2CC(N(CC)CC(=O)O)C2)cnn1-c1ccccc1C. The molecule has 8 heteroatoms. The van der Waals surface area contributed by atoms with Gasteiger partial charge in [-0.1, -0.05) is 32.0 Å².